The Bertz CT molecular complexity index is 2610. The second-order valence-electron chi connectivity index (χ2n) is 11.0. The van der Waals surface area contributed by atoms with Crippen LogP contribution in [0.25, 0.3) is 82.2 Å². The number of hydrogen-bond acceptors (Lipinski definition) is 3. The van der Waals surface area contributed by atoms with Crippen LogP contribution in [0.1, 0.15) is 0 Å². The molecule has 1 aliphatic rings. The molecule has 0 bridgehead atoms. The Hall–Kier alpha value is -5.19. The summed E-state index contributed by atoms with van der Waals surface area (Å²) >= 11 is 1.80. The molecular weight excluding hydrogens is 531 g/mol. The summed E-state index contributed by atoms with van der Waals surface area (Å²) in [4.78, 5) is 13.0. The van der Waals surface area contributed by atoms with E-state index in [-0.39, 0.29) is 0 Å². The molecule has 7 aromatic carbocycles. The average Bonchev–Trinajstić information content (AvgIpc) is 3.39. The van der Waals surface area contributed by atoms with E-state index in [1.54, 1.807) is 11.8 Å². The van der Waals surface area contributed by atoms with Gasteiger partial charge in [-0.1, -0.05) is 109 Å². The van der Waals surface area contributed by atoms with Gasteiger partial charge in [0, 0.05) is 31.5 Å². The third-order valence-electron chi connectivity index (χ3n) is 8.77. The highest BCUT2D eigenvalue weighted by molar-refractivity contribution is 7.99. The first-order valence-electron chi connectivity index (χ1n) is 14.2. The van der Waals surface area contributed by atoms with Crippen LogP contribution in [0.5, 0.6) is 0 Å². The number of fused-ring (bicyclic) bond motifs is 11. The molecule has 0 saturated heterocycles. The predicted octanol–water partition coefficient (Wildman–Crippen LogP) is 10.3. The van der Waals surface area contributed by atoms with Crippen LogP contribution in [-0.4, -0.2) is 14.5 Å². The maximum Gasteiger partial charge on any atom is 0.235 e. The number of para-hydroxylation sites is 1. The summed E-state index contributed by atoms with van der Waals surface area (Å²) in [7, 11) is 0. The van der Waals surface area contributed by atoms with Crippen molar-refractivity contribution < 1.29 is 0 Å². The van der Waals surface area contributed by atoms with Crippen molar-refractivity contribution in [3.05, 3.63) is 127 Å². The summed E-state index contributed by atoms with van der Waals surface area (Å²) in [6.45, 7) is 0. The van der Waals surface area contributed by atoms with Crippen LogP contribution in [0.4, 0.5) is 0 Å². The van der Waals surface area contributed by atoms with Crippen molar-refractivity contribution in [3.63, 3.8) is 0 Å². The SMILES string of the molecule is c1ccc2c(c1)Sc1cccc3nc(-n4c5ccccc5c5c6ccc7ccc8ccccc8c7c6ccc54)nc-2c13. The predicted molar refractivity (Wildman–Crippen MR) is 176 cm³/mol. The lowest BCUT2D eigenvalue weighted by molar-refractivity contribution is 1.01. The van der Waals surface area contributed by atoms with E-state index in [9.17, 15) is 0 Å². The molecule has 0 radical (unpaired) electrons. The second-order valence-corrected chi connectivity index (χ2v) is 12.1. The van der Waals surface area contributed by atoms with Gasteiger partial charge in [-0.05, 0) is 62.6 Å². The van der Waals surface area contributed by atoms with E-state index in [0.29, 0.717) is 5.95 Å². The molecule has 0 N–H and O–H groups in total. The zero-order valence-corrected chi connectivity index (χ0v) is 23.2. The lowest BCUT2D eigenvalue weighted by Gasteiger charge is -2.20. The van der Waals surface area contributed by atoms with Crippen LogP contribution in [0.2, 0.25) is 0 Å². The Morgan fingerprint density at radius 2 is 1.19 bits per heavy atom. The molecule has 42 heavy (non-hydrogen) atoms. The molecule has 4 heteroatoms. The quantitative estimate of drug-likeness (QED) is 0.190. The molecule has 3 nitrogen and oxygen atoms in total. The maximum absolute atomic E-state index is 5.32. The highest BCUT2D eigenvalue weighted by Gasteiger charge is 2.24. The summed E-state index contributed by atoms with van der Waals surface area (Å²) in [6.07, 6.45) is 0. The van der Waals surface area contributed by atoms with E-state index in [1.165, 1.54) is 58.4 Å². The van der Waals surface area contributed by atoms with Gasteiger partial charge in [-0.25, -0.2) is 9.97 Å². The fourth-order valence-electron chi connectivity index (χ4n) is 6.98. The second kappa shape index (κ2) is 8.19. The van der Waals surface area contributed by atoms with Crippen LogP contribution in [0.3, 0.4) is 0 Å². The van der Waals surface area contributed by atoms with E-state index in [1.807, 2.05) is 0 Å². The van der Waals surface area contributed by atoms with Crippen molar-refractivity contribution in [2.75, 3.05) is 0 Å². The Kier molecular flexibility index (Phi) is 4.38. The molecule has 3 heterocycles. The number of benzene rings is 7. The van der Waals surface area contributed by atoms with Crippen molar-refractivity contribution in [1.29, 1.82) is 0 Å². The minimum Gasteiger partial charge on any atom is -0.278 e. The van der Waals surface area contributed by atoms with Gasteiger partial charge in [0.25, 0.3) is 0 Å². The van der Waals surface area contributed by atoms with Gasteiger partial charge in [-0.15, -0.1) is 0 Å². The summed E-state index contributed by atoms with van der Waals surface area (Å²) in [6, 6.07) is 45.9. The van der Waals surface area contributed by atoms with Crippen LogP contribution in [0, 0.1) is 0 Å². The molecule has 1 aliphatic heterocycles. The Morgan fingerprint density at radius 3 is 2.17 bits per heavy atom. The minimum atomic E-state index is 0.702. The standard InChI is InChI=1S/C38H21N3S/c1-2-9-24-22(8-1)16-17-23-18-19-26-25(34(23)24)20-21-31-35(26)27-10-3-5-13-30(27)41(31)38-39-29-12-7-15-33-36(29)37(40-38)28-11-4-6-14-32(28)42-33/h1-21H. The fraction of sp³-hybridized carbons (Fsp3) is 0. The van der Waals surface area contributed by atoms with Gasteiger partial charge in [-0.2, -0.15) is 0 Å². The number of nitrogens with zero attached hydrogens (tertiary/aromatic N) is 3. The monoisotopic (exact) mass is 551 g/mol. The Balaban J connectivity index is 1.35. The van der Waals surface area contributed by atoms with E-state index in [4.69, 9.17) is 9.97 Å². The molecule has 9 aromatic rings. The van der Waals surface area contributed by atoms with Gasteiger partial charge < -0.3 is 0 Å². The van der Waals surface area contributed by atoms with Crippen LogP contribution in [0.15, 0.2) is 137 Å². The molecule has 0 spiro atoms. The molecule has 2 aromatic heterocycles. The molecule has 0 unspecified atom stereocenters. The third-order valence-corrected chi connectivity index (χ3v) is 9.91. The molecule has 0 aliphatic carbocycles. The highest BCUT2D eigenvalue weighted by Crippen LogP contribution is 2.47. The summed E-state index contributed by atoms with van der Waals surface area (Å²) in [5.41, 5.74) is 5.37. The lowest BCUT2D eigenvalue weighted by atomic mass is 9.94. The summed E-state index contributed by atoms with van der Waals surface area (Å²) in [5, 5.41) is 11.2. The van der Waals surface area contributed by atoms with Gasteiger partial charge in [0.1, 0.15) is 0 Å². The van der Waals surface area contributed by atoms with Gasteiger partial charge in [0.2, 0.25) is 5.95 Å². The third kappa shape index (κ3) is 2.92. The molecule has 0 saturated carbocycles. The average molecular weight is 552 g/mol. The minimum absolute atomic E-state index is 0.702. The van der Waals surface area contributed by atoms with Gasteiger partial charge in [-0.3, -0.25) is 4.57 Å². The van der Waals surface area contributed by atoms with Crippen LogP contribution < -0.4 is 0 Å². The van der Waals surface area contributed by atoms with E-state index in [2.05, 4.69) is 132 Å². The van der Waals surface area contributed by atoms with Crippen molar-refractivity contribution >= 4 is 76.8 Å². The van der Waals surface area contributed by atoms with Crippen molar-refractivity contribution in [1.82, 2.24) is 14.5 Å². The molecule has 0 atom stereocenters. The largest absolute Gasteiger partial charge is 0.278 e. The Labute approximate surface area is 245 Å². The zero-order chi connectivity index (χ0) is 27.4. The first kappa shape index (κ1) is 22.5. The number of hydrogen-bond donors (Lipinski definition) is 0. The van der Waals surface area contributed by atoms with Gasteiger partial charge >= 0.3 is 0 Å². The number of aromatic nitrogens is 3. The van der Waals surface area contributed by atoms with Crippen molar-refractivity contribution in [2.45, 2.75) is 9.79 Å². The molecule has 194 valence electrons. The first-order chi connectivity index (χ1) is 20.8. The smallest absolute Gasteiger partial charge is 0.235 e. The van der Waals surface area contributed by atoms with E-state index in [0.717, 1.165) is 27.6 Å². The molecule has 0 fully saturated rings. The van der Waals surface area contributed by atoms with Crippen LogP contribution in [-0.2, 0) is 0 Å². The number of rotatable bonds is 1. The van der Waals surface area contributed by atoms with Gasteiger partial charge in [0.05, 0.1) is 22.2 Å². The van der Waals surface area contributed by atoms with Gasteiger partial charge in [0.15, 0.2) is 0 Å². The summed E-state index contributed by atoms with van der Waals surface area (Å²) in [5.74, 6) is 0.702. The zero-order valence-electron chi connectivity index (χ0n) is 22.4. The Morgan fingerprint density at radius 1 is 0.452 bits per heavy atom. The molecule has 10 rings (SSSR count). The highest BCUT2D eigenvalue weighted by atomic mass is 32.2. The fourth-order valence-corrected chi connectivity index (χ4v) is 8.09. The van der Waals surface area contributed by atoms with E-state index >= 15 is 0 Å². The molecule has 0 amide bonds. The summed E-state index contributed by atoms with van der Waals surface area (Å²) < 4.78 is 2.25. The topological polar surface area (TPSA) is 30.7 Å². The maximum atomic E-state index is 5.32. The van der Waals surface area contributed by atoms with Crippen molar-refractivity contribution in [2.24, 2.45) is 0 Å². The lowest BCUT2D eigenvalue weighted by Crippen LogP contribution is -2.05. The first-order valence-corrected chi connectivity index (χ1v) is 15.0. The van der Waals surface area contributed by atoms with Crippen molar-refractivity contribution in [3.8, 4) is 17.2 Å². The van der Waals surface area contributed by atoms with Crippen LogP contribution >= 0.6 is 11.8 Å². The normalized spacial score (nSPS) is 12.7. The van der Waals surface area contributed by atoms with E-state index < -0.39 is 0 Å². The molecular formula is C38H21N3S.